The molecule has 2 amide bonds. The Balaban J connectivity index is 1.17. The number of piperidine rings is 1. The third-order valence-electron chi connectivity index (χ3n) is 8.26. The van der Waals surface area contributed by atoms with E-state index in [0.717, 1.165) is 55.5 Å². The van der Waals surface area contributed by atoms with Crippen molar-refractivity contribution in [2.24, 2.45) is 7.05 Å². The Morgan fingerprint density at radius 2 is 1.70 bits per heavy atom. The quantitative estimate of drug-likeness (QED) is 0.321. The van der Waals surface area contributed by atoms with Crippen molar-refractivity contribution in [2.45, 2.75) is 50.0 Å². The number of benzene rings is 2. The van der Waals surface area contributed by atoms with Crippen LogP contribution in [0.4, 0.5) is 16.3 Å². The number of anilines is 2. The summed E-state index contributed by atoms with van der Waals surface area (Å²) in [5, 5.41) is 11.3. The molecule has 0 bridgehead atoms. The number of hydrogen-bond acceptors (Lipinski definition) is 10. The molecule has 1 saturated heterocycles. The third kappa shape index (κ3) is 6.85. The molecule has 44 heavy (non-hydrogen) atoms. The van der Waals surface area contributed by atoms with Gasteiger partial charge in [0.05, 0.1) is 12.5 Å². The lowest BCUT2D eigenvalue weighted by Crippen LogP contribution is -2.41. The minimum absolute atomic E-state index is 0.0893. The van der Waals surface area contributed by atoms with Gasteiger partial charge in [0, 0.05) is 31.7 Å². The van der Waals surface area contributed by atoms with Crippen LogP contribution < -0.4 is 14.9 Å². The second kappa shape index (κ2) is 12.6. The Bertz CT molecular complexity index is 1610. The number of carbonyl (C=O) groups is 3. The van der Waals surface area contributed by atoms with E-state index in [1.54, 1.807) is 11.7 Å². The largest absolute Gasteiger partial charge is 0.468 e. The lowest BCUT2D eigenvalue weighted by atomic mass is 9.92. The first-order valence-corrected chi connectivity index (χ1v) is 16.1. The van der Waals surface area contributed by atoms with Crippen molar-refractivity contribution in [1.29, 1.82) is 0 Å². The van der Waals surface area contributed by atoms with Crippen LogP contribution in [0.2, 0.25) is 0 Å². The van der Waals surface area contributed by atoms with Crippen molar-refractivity contribution in [3.63, 3.8) is 0 Å². The maximum Gasteiger partial charge on any atom is 0.413 e. The van der Waals surface area contributed by atoms with Gasteiger partial charge < -0.3 is 14.4 Å². The van der Waals surface area contributed by atoms with Gasteiger partial charge in [-0.05, 0) is 55.9 Å². The molecule has 14 heteroatoms. The van der Waals surface area contributed by atoms with Gasteiger partial charge in [0.2, 0.25) is 15.9 Å². The number of ether oxygens (including phenoxy) is 2. The molecule has 2 aliphatic rings. The fraction of sp³-hybridized carbons (Fsp3) is 0.433. The van der Waals surface area contributed by atoms with Gasteiger partial charge >= 0.3 is 12.1 Å². The second-order valence-corrected chi connectivity index (χ2v) is 12.9. The van der Waals surface area contributed by atoms with Gasteiger partial charge in [-0.2, -0.15) is 0 Å². The summed E-state index contributed by atoms with van der Waals surface area (Å²) in [5.41, 5.74) is 2.40. The highest BCUT2D eigenvalue weighted by Crippen LogP contribution is 2.49. The van der Waals surface area contributed by atoms with Crippen LogP contribution in [0.15, 0.2) is 54.6 Å². The molecule has 2 aromatic carbocycles. The number of amides is 2. The Kier molecular flexibility index (Phi) is 8.90. The van der Waals surface area contributed by atoms with E-state index in [1.165, 1.54) is 0 Å². The van der Waals surface area contributed by atoms with Crippen LogP contribution in [-0.4, -0.2) is 67.3 Å². The van der Waals surface area contributed by atoms with Crippen LogP contribution in [0.25, 0.3) is 0 Å². The van der Waals surface area contributed by atoms with Crippen LogP contribution in [0.1, 0.15) is 61.4 Å². The van der Waals surface area contributed by atoms with E-state index in [2.05, 4.69) is 25.3 Å². The molecular weight excluding hydrogens is 588 g/mol. The van der Waals surface area contributed by atoms with Gasteiger partial charge in [-0.3, -0.25) is 19.6 Å². The molecule has 0 radical (unpaired) electrons. The molecule has 5 rings (SSSR count). The first-order chi connectivity index (χ1) is 21.0. The Morgan fingerprint density at radius 1 is 1.05 bits per heavy atom. The van der Waals surface area contributed by atoms with E-state index in [1.807, 2.05) is 66.2 Å². The van der Waals surface area contributed by atoms with Crippen molar-refractivity contribution in [3.8, 4) is 0 Å². The zero-order valence-corrected chi connectivity index (χ0v) is 25.7. The zero-order valence-electron chi connectivity index (χ0n) is 24.9. The van der Waals surface area contributed by atoms with Gasteiger partial charge in [0.15, 0.2) is 11.6 Å². The van der Waals surface area contributed by atoms with Crippen molar-refractivity contribution in [3.05, 3.63) is 71.4 Å². The standard InChI is InChI=1S/C30H36N6O7S/c1-20(21-7-5-4-6-8-21)43-29(39)31-27-26(32-34-35(27)2)22-13-17-36(18-14-22)24-11-9-23(10-12-24)30(15-16-30)28(38)33-44(40,41)19-25(37)42-3/h4-12,20,22H,13-19H2,1-3H3,(H,31,39)(H,33,38)/t20-/m1/s1. The van der Waals surface area contributed by atoms with Crippen molar-refractivity contribution < 1.29 is 32.3 Å². The van der Waals surface area contributed by atoms with Gasteiger partial charge in [-0.15, -0.1) is 5.10 Å². The molecule has 2 heterocycles. The number of nitrogens with one attached hydrogen (secondary N) is 2. The third-order valence-corrected chi connectivity index (χ3v) is 9.37. The molecular formula is C30H36N6O7S. The topological polar surface area (TPSA) is 162 Å². The van der Waals surface area contributed by atoms with Crippen molar-refractivity contribution >= 4 is 39.5 Å². The zero-order chi connectivity index (χ0) is 31.5. The minimum Gasteiger partial charge on any atom is -0.468 e. The number of aromatic nitrogens is 3. The molecule has 1 aliphatic heterocycles. The molecule has 0 unspecified atom stereocenters. The number of esters is 1. The number of hydrogen-bond donors (Lipinski definition) is 2. The van der Waals surface area contributed by atoms with Gasteiger partial charge in [-0.1, -0.05) is 47.7 Å². The Labute approximate surface area is 256 Å². The average Bonchev–Trinajstić information content (AvgIpc) is 3.76. The van der Waals surface area contributed by atoms with E-state index in [-0.39, 0.29) is 5.92 Å². The summed E-state index contributed by atoms with van der Waals surface area (Å²) in [6, 6.07) is 17.1. The van der Waals surface area contributed by atoms with E-state index in [4.69, 9.17) is 4.74 Å². The SMILES string of the molecule is COC(=O)CS(=O)(=O)NC(=O)C1(c2ccc(N3CCC(c4nnn(C)c4NC(=O)O[C@H](C)c4ccccc4)CC3)cc2)CC1. The fourth-order valence-electron chi connectivity index (χ4n) is 5.54. The molecule has 234 valence electrons. The lowest BCUT2D eigenvalue weighted by molar-refractivity contribution is -0.137. The van der Waals surface area contributed by atoms with Crippen LogP contribution in [-0.2, 0) is 41.5 Å². The summed E-state index contributed by atoms with van der Waals surface area (Å²) >= 11 is 0. The van der Waals surface area contributed by atoms with Crippen LogP contribution in [0, 0.1) is 0 Å². The highest BCUT2D eigenvalue weighted by Gasteiger charge is 2.52. The summed E-state index contributed by atoms with van der Waals surface area (Å²) in [7, 11) is -1.33. The smallest absolute Gasteiger partial charge is 0.413 e. The van der Waals surface area contributed by atoms with Gasteiger partial charge in [0.25, 0.3) is 0 Å². The summed E-state index contributed by atoms with van der Waals surface area (Å²) in [5.74, 6) is -1.89. The average molecular weight is 625 g/mol. The first-order valence-electron chi connectivity index (χ1n) is 14.4. The number of methoxy groups -OCH3 is 1. The van der Waals surface area contributed by atoms with Gasteiger partial charge in [-0.25, -0.2) is 17.9 Å². The molecule has 1 aromatic heterocycles. The Morgan fingerprint density at radius 3 is 2.32 bits per heavy atom. The highest BCUT2D eigenvalue weighted by atomic mass is 32.2. The minimum atomic E-state index is -4.15. The summed E-state index contributed by atoms with van der Waals surface area (Å²) < 4.78 is 38.0. The summed E-state index contributed by atoms with van der Waals surface area (Å²) in [6.45, 7) is 3.30. The number of nitrogens with zero attached hydrogens (tertiary/aromatic N) is 4. The lowest BCUT2D eigenvalue weighted by Gasteiger charge is -2.33. The predicted octanol–water partition coefficient (Wildman–Crippen LogP) is 3.16. The normalized spacial score (nSPS) is 16.9. The second-order valence-electron chi connectivity index (χ2n) is 11.2. The number of aryl methyl sites for hydroxylation is 1. The molecule has 1 aliphatic carbocycles. The van der Waals surface area contributed by atoms with E-state index in [9.17, 15) is 22.8 Å². The predicted molar refractivity (Wildman–Crippen MR) is 161 cm³/mol. The number of sulfonamides is 1. The van der Waals surface area contributed by atoms with Crippen molar-refractivity contribution in [2.75, 3.05) is 36.2 Å². The molecule has 1 atom stereocenters. The molecule has 2 fully saturated rings. The van der Waals surface area contributed by atoms with Gasteiger partial charge in [0.1, 0.15) is 11.8 Å². The maximum atomic E-state index is 12.9. The molecule has 1 saturated carbocycles. The Hall–Kier alpha value is -4.46. The summed E-state index contributed by atoms with van der Waals surface area (Å²) in [6.07, 6.45) is 1.62. The fourth-order valence-corrected chi connectivity index (χ4v) is 6.51. The van der Waals surface area contributed by atoms with Crippen molar-refractivity contribution in [1.82, 2.24) is 19.7 Å². The monoisotopic (exact) mass is 624 g/mol. The highest BCUT2D eigenvalue weighted by molar-refractivity contribution is 7.90. The van der Waals surface area contributed by atoms with Crippen LogP contribution >= 0.6 is 0 Å². The first kappa shape index (κ1) is 31.0. The van der Waals surface area contributed by atoms with E-state index >= 15 is 0 Å². The number of carbonyl (C=O) groups excluding carboxylic acids is 3. The van der Waals surface area contributed by atoms with E-state index < -0.39 is 45.3 Å². The number of rotatable bonds is 10. The molecule has 3 aromatic rings. The van der Waals surface area contributed by atoms with E-state index in [0.29, 0.717) is 18.7 Å². The maximum absolute atomic E-state index is 12.9. The van der Waals surface area contributed by atoms with Crippen LogP contribution in [0.3, 0.4) is 0 Å². The summed E-state index contributed by atoms with van der Waals surface area (Å²) in [4.78, 5) is 39.2. The molecule has 0 spiro atoms. The molecule has 13 nitrogen and oxygen atoms in total. The van der Waals surface area contributed by atoms with Crippen LogP contribution in [0.5, 0.6) is 0 Å². The molecule has 2 N–H and O–H groups in total.